The highest BCUT2D eigenvalue weighted by Crippen LogP contribution is 2.18. The lowest BCUT2D eigenvalue weighted by Crippen LogP contribution is -2.45. The van der Waals surface area contributed by atoms with Gasteiger partial charge >= 0.3 is 0 Å². The number of anilines is 1. The number of aryl methyl sites for hydroxylation is 2. The highest BCUT2D eigenvalue weighted by atomic mass is 16.5. The third-order valence-corrected chi connectivity index (χ3v) is 5.78. The van der Waals surface area contributed by atoms with E-state index in [1.54, 1.807) is 0 Å². The van der Waals surface area contributed by atoms with Crippen LogP contribution in [-0.2, 0) is 13.0 Å². The van der Waals surface area contributed by atoms with Crippen molar-refractivity contribution in [1.29, 1.82) is 0 Å². The molecular formula is C27H32N2O. The number of piperazine rings is 1. The lowest BCUT2D eigenvalue weighted by Gasteiger charge is -2.36. The van der Waals surface area contributed by atoms with Crippen LogP contribution in [0.2, 0.25) is 0 Å². The van der Waals surface area contributed by atoms with Crippen LogP contribution >= 0.6 is 0 Å². The van der Waals surface area contributed by atoms with Crippen LogP contribution in [-0.4, -0.2) is 37.7 Å². The van der Waals surface area contributed by atoms with Gasteiger partial charge in [-0.25, -0.2) is 0 Å². The molecule has 3 nitrogen and oxygen atoms in total. The zero-order chi connectivity index (χ0) is 20.8. The van der Waals surface area contributed by atoms with E-state index in [0.717, 1.165) is 44.9 Å². The number of hydrogen-bond donors (Lipinski definition) is 0. The summed E-state index contributed by atoms with van der Waals surface area (Å²) >= 11 is 0. The van der Waals surface area contributed by atoms with Crippen molar-refractivity contribution in [3.8, 4) is 5.75 Å². The quantitative estimate of drug-likeness (QED) is 0.539. The van der Waals surface area contributed by atoms with Gasteiger partial charge in [0.05, 0.1) is 6.61 Å². The van der Waals surface area contributed by atoms with E-state index in [9.17, 15) is 0 Å². The maximum atomic E-state index is 5.96. The second kappa shape index (κ2) is 9.82. The second-order valence-corrected chi connectivity index (χ2v) is 8.34. The van der Waals surface area contributed by atoms with Gasteiger partial charge in [0, 0.05) is 44.8 Å². The molecule has 1 fully saturated rings. The molecule has 0 atom stereocenters. The average Bonchev–Trinajstić information content (AvgIpc) is 2.75. The Balaban J connectivity index is 1.22. The van der Waals surface area contributed by atoms with E-state index in [2.05, 4.69) is 96.4 Å². The van der Waals surface area contributed by atoms with Gasteiger partial charge in [-0.05, 0) is 60.4 Å². The summed E-state index contributed by atoms with van der Waals surface area (Å²) in [6.45, 7) is 10.4. The highest BCUT2D eigenvalue weighted by molar-refractivity contribution is 5.46. The van der Waals surface area contributed by atoms with Crippen LogP contribution in [0.4, 0.5) is 5.69 Å². The number of nitrogens with zero attached hydrogens (tertiary/aromatic N) is 2. The Labute approximate surface area is 180 Å². The SMILES string of the molecule is Cc1cc(C)cc(OCCc2ccc(CN3CCN(c4ccccc4)CC3)cc2)c1. The topological polar surface area (TPSA) is 15.7 Å². The Hall–Kier alpha value is -2.78. The molecule has 3 aromatic rings. The van der Waals surface area contributed by atoms with Crippen LogP contribution in [0.5, 0.6) is 5.75 Å². The van der Waals surface area contributed by atoms with Gasteiger partial charge < -0.3 is 9.64 Å². The molecule has 0 radical (unpaired) electrons. The molecule has 1 aliphatic rings. The van der Waals surface area contributed by atoms with Crippen LogP contribution in [0.25, 0.3) is 0 Å². The van der Waals surface area contributed by atoms with Crippen molar-refractivity contribution in [3.63, 3.8) is 0 Å². The smallest absolute Gasteiger partial charge is 0.119 e. The minimum Gasteiger partial charge on any atom is -0.493 e. The van der Waals surface area contributed by atoms with Gasteiger partial charge in [-0.15, -0.1) is 0 Å². The van der Waals surface area contributed by atoms with Crippen LogP contribution < -0.4 is 9.64 Å². The van der Waals surface area contributed by atoms with E-state index in [1.807, 2.05) is 0 Å². The average molecular weight is 401 g/mol. The lowest BCUT2D eigenvalue weighted by molar-refractivity contribution is 0.250. The molecule has 0 saturated carbocycles. The van der Waals surface area contributed by atoms with Gasteiger partial charge in [0.1, 0.15) is 5.75 Å². The van der Waals surface area contributed by atoms with Gasteiger partial charge in [-0.1, -0.05) is 48.5 Å². The predicted octanol–water partition coefficient (Wildman–Crippen LogP) is 5.25. The van der Waals surface area contributed by atoms with Crippen molar-refractivity contribution in [1.82, 2.24) is 4.90 Å². The summed E-state index contributed by atoms with van der Waals surface area (Å²) in [6, 6.07) is 26.2. The Morgan fingerprint density at radius 3 is 2.03 bits per heavy atom. The van der Waals surface area contributed by atoms with E-state index in [4.69, 9.17) is 4.74 Å². The highest BCUT2D eigenvalue weighted by Gasteiger charge is 2.17. The minimum absolute atomic E-state index is 0.712. The summed E-state index contributed by atoms with van der Waals surface area (Å²) in [5.74, 6) is 0.971. The van der Waals surface area contributed by atoms with Crippen LogP contribution in [0.1, 0.15) is 22.3 Å². The molecule has 156 valence electrons. The predicted molar refractivity (Wildman–Crippen MR) is 125 cm³/mol. The fraction of sp³-hybridized carbons (Fsp3) is 0.333. The first kappa shape index (κ1) is 20.5. The Morgan fingerprint density at radius 2 is 1.37 bits per heavy atom. The number of para-hydroxylation sites is 1. The molecule has 1 heterocycles. The molecule has 3 aromatic carbocycles. The standard InChI is InChI=1S/C27H32N2O/c1-22-18-23(2)20-27(19-22)30-17-12-24-8-10-25(11-9-24)21-28-13-15-29(16-14-28)26-6-4-3-5-7-26/h3-11,18-20H,12-17,21H2,1-2H3. The molecule has 0 aliphatic carbocycles. The molecule has 30 heavy (non-hydrogen) atoms. The fourth-order valence-electron chi connectivity index (χ4n) is 4.18. The summed E-state index contributed by atoms with van der Waals surface area (Å²) < 4.78 is 5.96. The van der Waals surface area contributed by atoms with Crippen molar-refractivity contribution < 1.29 is 4.74 Å². The summed E-state index contributed by atoms with van der Waals surface area (Å²) in [4.78, 5) is 5.03. The molecular weight excluding hydrogens is 368 g/mol. The van der Waals surface area contributed by atoms with Gasteiger partial charge in [-0.3, -0.25) is 4.90 Å². The molecule has 0 amide bonds. The molecule has 1 saturated heterocycles. The van der Waals surface area contributed by atoms with E-state index < -0.39 is 0 Å². The lowest BCUT2D eigenvalue weighted by atomic mass is 10.1. The fourth-order valence-corrected chi connectivity index (χ4v) is 4.18. The summed E-state index contributed by atoms with van der Waals surface area (Å²) in [7, 11) is 0. The van der Waals surface area contributed by atoms with Crippen LogP contribution in [0.3, 0.4) is 0 Å². The maximum Gasteiger partial charge on any atom is 0.119 e. The number of ether oxygens (including phenoxy) is 1. The maximum absolute atomic E-state index is 5.96. The molecule has 1 aliphatic heterocycles. The van der Waals surface area contributed by atoms with E-state index in [0.29, 0.717) is 6.61 Å². The normalized spacial score (nSPS) is 14.7. The monoisotopic (exact) mass is 400 g/mol. The third-order valence-electron chi connectivity index (χ3n) is 5.78. The van der Waals surface area contributed by atoms with Gasteiger partial charge in [-0.2, -0.15) is 0 Å². The molecule has 0 aromatic heterocycles. The number of hydrogen-bond acceptors (Lipinski definition) is 3. The minimum atomic E-state index is 0.712. The molecule has 0 N–H and O–H groups in total. The molecule has 3 heteroatoms. The van der Waals surface area contributed by atoms with E-state index in [-0.39, 0.29) is 0 Å². The zero-order valence-electron chi connectivity index (χ0n) is 18.2. The Bertz CT molecular complexity index is 909. The van der Waals surface area contributed by atoms with Gasteiger partial charge in [0.15, 0.2) is 0 Å². The molecule has 0 bridgehead atoms. The van der Waals surface area contributed by atoms with E-state index in [1.165, 1.54) is 27.9 Å². The first-order valence-corrected chi connectivity index (χ1v) is 11.0. The van der Waals surface area contributed by atoms with Gasteiger partial charge in [0.25, 0.3) is 0 Å². The van der Waals surface area contributed by atoms with E-state index >= 15 is 0 Å². The Kier molecular flexibility index (Phi) is 6.70. The second-order valence-electron chi connectivity index (χ2n) is 8.34. The van der Waals surface area contributed by atoms with Gasteiger partial charge in [0.2, 0.25) is 0 Å². The summed E-state index contributed by atoms with van der Waals surface area (Å²) in [5.41, 5.74) is 6.56. The third kappa shape index (κ3) is 5.64. The first-order valence-electron chi connectivity index (χ1n) is 11.0. The summed E-state index contributed by atoms with van der Waals surface area (Å²) in [5, 5.41) is 0. The largest absolute Gasteiger partial charge is 0.493 e. The Morgan fingerprint density at radius 1 is 0.733 bits per heavy atom. The first-order chi connectivity index (χ1) is 14.7. The summed E-state index contributed by atoms with van der Waals surface area (Å²) in [6.07, 6.45) is 0.934. The molecule has 4 rings (SSSR count). The molecule has 0 spiro atoms. The molecule has 0 unspecified atom stereocenters. The van der Waals surface area contributed by atoms with Crippen molar-refractivity contribution >= 4 is 5.69 Å². The zero-order valence-corrected chi connectivity index (χ0v) is 18.2. The van der Waals surface area contributed by atoms with Crippen LogP contribution in [0.15, 0.2) is 72.8 Å². The van der Waals surface area contributed by atoms with Crippen molar-refractivity contribution in [2.24, 2.45) is 0 Å². The van der Waals surface area contributed by atoms with Crippen molar-refractivity contribution in [2.45, 2.75) is 26.8 Å². The number of rotatable bonds is 7. The van der Waals surface area contributed by atoms with Crippen LogP contribution in [0, 0.1) is 13.8 Å². The van der Waals surface area contributed by atoms with Crippen molar-refractivity contribution in [3.05, 3.63) is 95.1 Å². The number of benzene rings is 3. The van der Waals surface area contributed by atoms with Crippen molar-refractivity contribution in [2.75, 3.05) is 37.7 Å².